The Kier molecular flexibility index (Phi) is 3.53. The fourth-order valence-electron chi connectivity index (χ4n) is 1.90. The van der Waals surface area contributed by atoms with Crippen LogP contribution in [0.5, 0.6) is 5.75 Å². The third-order valence-corrected chi connectivity index (χ3v) is 2.78. The van der Waals surface area contributed by atoms with Gasteiger partial charge in [-0.2, -0.15) is 0 Å². The maximum atomic E-state index is 5.87. The number of nitrogens with two attached hydrogens (primary N) is 1. The van der Waals surface area contributed by atoms with Gasteiger partial charge in [-0.3, -0.25) is 10.7 Å². The second-order valence-corrected chi connectivity index (χ2v) is 4.14. The van der Waals surface area contributed by atoms with Crippen LogP contribution in [-0.2, 0) is 0 Å². The van der Waals surface area contributed by atoms with Crippen LogP contribution in [0.25, 0.3) is 5.70 Å². The fourth-order valence-corrected chi connectivity index (χ4v) is 1.90. The summed E-state index contributed by atoms with van der Waals surface area (Å²) in [4.78, 5) is 4.12. The Morgan fingerprint density at radius 2 is 2.11 bits per heavy atom. The van der Waals surface area contributed by atoms with E-state index in [0.717, 1.165) is 28.4 Å². The zero-order chi connectivity index (χ0) is 13.1. The normalized spacial score (nSPS) is 21.0. The Morgan fingerprint density at radius 3 is 2.78 bits per heavy atom. The molecule has 0 radical (unpaired) electrons. The number of rotatable bonds is 2. The number of ether oxygens (including phenoxy) is 1. The zero-order valence-electron chi connectivity index (χ0n) is 10.8. The average molecular weight is 246 g/mol. The molecule has 1 aromatic rings. The van der Waals surface area contributed by atoms with Crippen molar-refractivity contribution in [2.24, 2.45) is 10.7 Å². The van der Waals surface area contributed by atoms with Gasteiger partial charge >= 0.3 is 0 Å². The van der Waals surface area contributed by atoms with Gasteiger partial charge in [-0.25, -0.2) is 0 Å². The van der Waals surface area contributed by atoms with Crippen LogP contribution < -0.4 is 21.1 Å². The third kappa shape index (κ3) is 2.46. The van der Waals surface area contributed by atoms with Crippen molar-refractivity contribution in [1.29, 1.82) is 0 Å². The van der Waals surface area contributed by atoms with E-state index in [9.17, 15) is 0 Å². The summed E-state index contributed by atoms with van der Waals surface area (Å²) < 4.78 is 5.38. The number of aliphatic imine (C=N–C) groups is 1. The fraction of sp³-hybridized carbons (Fsp3) is 0.308. The summed E-state index contributed by atoms with van der Waals surface area (Å²) in [5.41, 5.74) is 8.92. The Bertz CT molecular complexity index is 508. The molecule has 0 spiro atoms. The number of aryl methyl sites for hydroxylation is 1. The van der Waals surface area contributed by atoms with Gasteiger partial charge in [0.1, 0.15) is 11.6 Å². The molecule has 0 saturated heterocycles. The van der Waals surface area contributed by atoms with Crippen LogP contribution in [0.3, 0.4) is 0 Å². The van der Waals surface area contributed by atoms with Crippen molar-refractivity contribution < 1.29 is 4.74 Å². The minimum absolute atomic E-state index is 0.353. The molecule has 0 aliphatic carbocycles. The maximum absolute atomic E-state index is 5.87. The molecule has 0 saturated carbocycles. The summed E-state index contributed by atoms with van der Waals surface area (Å²) in [6, 6.07) is 6.02. The quantitative estimate of drug-likeness (QED) is 0.722. The molecule has 18 heavy (non-hydrogen) atoms. The molecule has 0 aromatic heterocycles. The first-order chi connectivity index (χ1) is 8.63. The van der Waals surface area contributed by atoms with Crippen LogP contribution in [0, 0.1) is 6.92 Å². The van der Waals surface area contributed by atoms with E-state index in [1.807, 2.05) is 25.1 Å². The van der Waals surface area contributed by atoms with E-state index in [1.54, 1.807) is 14.2 Å². The number of nitrogens with one attached hydrogen (secondary N) is 2. The lowest BCUT2D eigenvalue weighted by molar-refractivity contribution is 0.412. The second-order valence-electron chi connectivity index (χ2n) is 4.14. The summed E-state index contributed by atoms with van der Waals surface area (Å²) in [5, 5.41) is 6.18. The van der Waals surface area contributed by atoms with Gasteiger partial charge in [0.2, 0.25) is 0 Å². The van der Waals surface area contributed by atoms with Crippen molar-refractivity contribution in [2.75, 3.05) is 14.2 Å². The minimum atomic E-state index is -0.353. The third-order valence-electron chi connectivity index (χ3n) is 2.78. The Labute approximate surface area is 107 Å². The van der Waals surface area contributed by atoms with Crippen LogP contribution in [0.4, 0.5) is 0 Å². The van der Waals surface area contributed by atoms with Crippen molar-refractivity contribution in [3.63, 3.8) is 0 Å². The van der Waals surface area contributed by atoms with Crippen molar-refractivity contribution in [1.82, 2.24) is 10.6 Å². The molecular formula is C13H18N4O. The molecule has 1 unspecified atom stereocenters. The van der Waals surface area contributed by atoms with Gasteiger partial charge in [0, 0.05) is 18.7 Å². The average Bonchev–Trinajstić information content (AvgIpc) is 2.38. The topological polar surface area (TPSA) is 71.7 Å². The summed E-state index contributed by atoms with van der Waals surface area (Å²) in [5.74, 6) is 1.56. The van der Waals surface area contributed by atoms with E-state index < -0.39 is 0 Å². The van der Waals surface area contributed by atoms with Crippen LogP contribution in [-0.4, -0.2) is 26.3 Å². The number of methoxy groups -OCH3 is 1. The molecule has 0 fully saturated rings. The highest BCUT2D eigenvalue weighted by Gasteiger charge is 2.17. The Morgan fingerprint density at radius 1 is 1.33 bits per heavy atom. The van der Waals surface area contributed by atoms with E-state index in [4.69, 9.17) is 10.5 Å². The van der Waals surface area contributed by atoms with Gasteiger partial charge < -0.3 is 15.4 Å². The van der Waals surface area contributed by atoms with Crippen molar-refractivity contribution in [3.8, 4) is 5.75 Å². The molecule has 4 N–H and O–H groups in total. The Balaban J connectivity index is 2.47. The van der Waals surface area contributed by atoms with Crippen molar-refractivity contribution in [2.45, 2.75) is 13.2 Å². The molecule has 1 atom stereocenters. The first-order valence-corrected chi connectivity index (χ1v) is 5.76. The SMILES string of the molecule is CN=C1C=C(c2cc(C)ccc2OC)NC(N)N1. The highest BCUT2D eigenvalue weighted by Crippen LogP contribution is 2.26. The summed E-state index contributed by atoms with van der Waals surface area (Å²) in [6.45, 7) is 2.04. The van der Waals surface area contributed by atoms with E-state index in [1.165, 1.54) is 0 Å². The number of hydrogen-bond acceptors (Lipinski definition) is 4. The second kappa shape index (κ2) is 5.10. The van der Waals surface area contributed by atoms with Gasteiger partial charge in [0.05, 0.1) is 12.8 Å². The largest absolute Gasteiger partial charge is 0.496 e. The highest BCUT2D eigenvalue weighted by atomic mass is 16.5. The predicted molar refractivity (Wildman–Crippen MR) is 73.3 cm³/mol. The highest BCUT2D eigenvalue weighted by molar-refractivity contribution is 6.01. The molecule has 1 heterocycles. The van der Waals surface area contributed by atoms with Crippen LogP contribution in [0.15, 0.2) is 29.3 Å². The molecule has 0 amide bonds. The van der Waals surface area contributed by atoms with Gasteiger partial charge in [-0.15, -0.1) is 0 Å². The number of nitrogens with zero attached hydrogens (tertiary/aromatic N) is 1. The van der Waals surface area contributed by atoms with Crippen molar-refractivity contribution >= 4 is 11.5 Å². The standard InChI is InChI=1S/C13H18N4O/c1-8-4-5-11(18-3)9(6-8)10-7-12(15-2)17-13(14)16-10/h4-7,13,16H,14H2,1-3H3,(H,15,17). The van der Waals surface area contributed by atoms with Gasteiger partial charge in [-0.1, -0.05) is 11.6 Å². The van der Waals surface area contributed by atoms with E-state index >= 15 is 0 Å². The summed E-state index contributed by atoms with van der Waals surface area (Å²) in [7, 11) is 3.38. The van der Waals surface area contributed by atoms with Crippen LogP contribution in [0.1, 0.15) is 11.1 Å². The molecule has 5 heteroatoms. The molecular weight excluding hydrogens is 228 g/mol. The lowest BCUT2D eigenvalue weighted by Gasteiger charge is -2.26. The van der Waals surface area contributed by atoms with Gasteiger partial charge in [0.15, 0.2) is 6.29 Å². The minimum Gasteiger partial charge on any atom is -0.496 e. The van der Waals surface area contributed by atoms with E-state index in [-0.39, 0.29) is 6.29 Å². The molecule has 1 aromatic carbocycles. The molecule has 1 aliphatic rings. The zero-order valence-corrected chi connectivity index (χ0v) is 10.8. The lowest BCUT2D eigenvalue weighted by Crippen LogP contribution is -2.53. The number of benzene rings is 1. The molecule has 1 aliphatic heterocycles. The lowest BCUT2D eigenvalue weighted by atomic mass is 10.1. The molecule has 96 valence electrons. The summed E-state index contributed by atoms with van der Waals surface area (Å²) in [6.07, 6.45) is 1.56. The molecule has 0 bridgehead atoms. The molecule has 5 nitrogen and oxygen atoms in total. The first kappa shape index (κ1) is 12.4. The molecule has 2 rings (SSSR count). The summed E-state index contributed by atoms with van der Waals surface area (Å²) >= 11 is 0. The van der Waals surface area contributed by atoms with Gasteiger partial charge in [0.25, 0.3) is 0 Å². The van der Waals surface area contributed by atoms with E-state index in [2.05, 4.69) is 21.7 Å². The maximum Gasteiger partial charge on any atom is 0.151 e. The monoisotopic (exact) mass is 246 g/mol. The first-order valence-electron chi connectivity index (χ1n) is 5.76. The smallest absolute Gasteiger partial charge is 0.151 e. The number of hydrogen-bond donors (Lipinski definition) is 3. The van der Waals surface area contributed by atoms with Crippen molar-refractivity contribution in [3.05, 3.63) is 35.4 Å². The van der Waals surface area contributed by atoms with E-state index in [0.29, 0.717) is 0 Å². The predicted octanol–water partition coefficient (Wildman–Crippen LogP) is 0.808. The van der Waals surface area contributed by atoms with Gasteiger partial charge in [-0.05, 0) is 19.1 Å². The van der Waals surface area contributed by atoms with Crippen LogP contribution in [0.2, 0.25) is 0 Å². The number of amidine groups is 1. The van der Waals surface area contributed by atoms with Crippen LogP contribution >= 0.6 is 0 Å². The Hall–Kier alpha value is -2.01.